The van der Waals surface area contributed by atoms with Gasteiger partial charge in [-0.2, -0.15) is 0 Å². The predicted molar refractivity (Wildman–Crippen MR) is 136 cm³/mol. The third-order valence-corrected chi connectivity index (χ3v) is 7.79. The van der Waals surface area contributed by atoms with E-state index in [0.29, 0.717) is 30.2 Å². The van der Waals surface area contributed by atoms with Gasteiger partial charge in [0.1, 0.15) is 6.54 Å². The number of hydrogen-bond donors (Lipinski definition) is 1. The van der Waals surface area contributed by atoms with Crippen molar-refractivity contribution in [2.24, 2.45) is 5.92 Å². The summed E-state index contributed by atoms with van der Waals surface area (Å²) in [5.41, 5.74) is 2.43. The van der Waals surface area contributed by atoms with Gasteiger partial charge in [0.05, 0.1) is 31.2 Å². The fraction of sp³-hybridized carbons (Fsp3) is 0.346. The summed E-state index contributed by atoms with van der Waals surface area (Å²) in [5.74, 6) is 0.269. The second-order valence-corrected chi connectivity index (χ2v) is 9.77. The van der Waals surface area contributed by atoms with Crippen LogP contribution in [0.4, 0.5) is 10.5 Å². The molecule has 35 heavy (non-hydrogen) atoms. The number of hydrogen-bond acceptors (Lipinski definition) is 6. The number of anilines is 1. The molecule has 9 heteroatoms. The number of thioether (sulfide) groups is 1. The third-order valence-electron chi connectivity index (χ3n) is 6.35. The Morgan fingerprint density at radius 2 is 1.74 bits per heavy atom. The molecule has 0 aromatic heterocycles. The summed E-state index contributed by atoms with van der Waals surface area (Å²) in [6.45, 7) is 4.14. The highest BCUT2D eigenvalue weighted by Gasteiger charge is 2.51. The van der Waals surface area contributed by atoms with Crippen molar-refractivity contribution in [1.82, 2.24) is 10.2 Å². The average molecular weight is 496 g/mol. The quantitative estimate of drug-likeness (QED) is 0.599. The minimum Gasteiger partial charge on any atom is -0.493 e. The largest absolute Gasteiger partial charge is 0.493 e. The number of benzene rings is 2. The first-order valence-corrected chi connectivity index (χ1v) is 12.2. The SMILES string of the molecule is COc1ccc(CCNC(=O)CN2C(=O)N(c3ccccc3)C(=O)C3C(C)=C(C)SC32)cc1OC. The average Bonchev–Trinajstić information content (AvgIpc) is 3.16. The summed E-state index contributed by atoms with van der Waals surface area (Å²) in [7, 11) is 3.16. The topological polar surface area (TPSA) is 88.2 Å². The Morgan fingerprint density at radius 1 is 1.03 bits per heavy atom. The maximum absolute atomic E-state index is 13.4. The van der Waals surface area contributed by atoms with Crippen molar-refractivity contribution < 1.29 is 23.9 Å². The molecule has 0 radical (unpaired) electrons. The number of methoxy groups -OCH3 is 2. The van der Waals surface area contributed by atoms with E-state index in [0.717, 1.165) is 16.0 Å². The molecule has 1 fully saturated rings. The van der Waals surface area contributed by atoms with Crippen molar-refractivity contribution in [2.75, 3.05) is 32.2 Å². The van der Waals surface area contributed by atoms with E-state index in [2.05, 4.69) is 5.32 Å². The van der Waals surface area contributed by atoms with Gasteiger partial charge >= 0.3 is 6.03 Å². The van der Waals surface area contributed by atoms with Gasteiger partial charge in [-0.25, -0.2) is 9.69 Å². The molecule has 4 amide bonds. The van der Waals surface area contributed by atoms with Crippen molar-refractivity contribution in [3.05, 3.63) is 64.6 Å². The van der Waals surface area contributed by atoms with Crippen LogP contribution in [0.1, 0.15) is 19.4 Å². The van der Waals surface area contributed by atoms with Gasteiger partial charge in [0.2, 0.25) is 11.8 Å². The standard InChI is InChI=1S/C26H29N3O5S/c1-16-17(2)35-25-23(16)24(31)29(19-8-6-5-7-9-19)26(32)28(25)15-22(30)27-13-12-18-10-11-20(33-3)21(14-18)34-4/h5-11,14,23,25H,12-13,15H2,1-4H3,(H,27,30). The van der Waals surface area contributed by atoms with Crippen LogP contribution < -0.4 is 19.7 Å². The van der Waals surface area contributed by atoms with Gasteiger partial charge < -0.3 is 19.7 Å². The zero-order valence-corrected chi connectivity index (χ0v) is 21.1. The lowest BCUT2D eigenvalue weighted by Gasteiger charge is -2.41. The predicted octanol–water partition coefficient (Wildman–Crippen LogP) is 3.81. The van der Waals surface area contributed by atoms with Gasteiger partial charge in [0.25, 0.3) is 0 Å². The van der Waals surface area contributed by atoms with Crippen LogP contribution in [0.3, 0.4) is 0 Å². The van der Waals surface area contributed by atoms with Crippen molar-refractivity contribution >= 4 is 35.3 Å². The molecule has 2 aliphatic rings. The number of para-hydroxylation sites is 1. The Kier molecular flexibility index (Phi) is 7.35. The number of carbonyl (C=O) groups excluding carboxylic acids is 3. The first-order chi connectivity index (χ1) is 16.8. The minimum absolute atomic E-state index is 0.129. The van der Waals surface area contributed by atoms with E-state index in [9.17, 15) is 14.4 Å². The number of nitrogens with one attached hydrogen (secondary N) is 1. The molecular weight excluding hydrogens is 466 g/mol. The fourth-order valence-electron chi connectivity index (χ4n) is 4.36. The molecule has 2 unspecified atom stereocenters. The maximum Gasteiger partial charge on any atom is 0.332 e. The molecule has 1 N–H and O–H groups in total. The van der Waals surface area contributed by atoms with Gasteiger partial charge in [0.15, 0.2) is 11.5 Å². The zero-order chi connectivity index (χ0) is 25.1. The number of nitrogens with zero attached hydrogens (tertiary/aromatic N) is 2. The van der Waals surface area contributed by atoms with Gasteiger partial charge in [-0.15, -0.1) is 11.8 Å². The molecule has 0 bridgehead atoms. The molecule has 8 nitrogen and oxygen atoms in total. The Hall–Kier alpha value is -3.46. The molecule has 184 valence electrons. The first-order valence-electron chi connectivity index (χ1n) is 11.4. The number of allylic oxidation sites excluding steroid dienone is 1. The number of rotatable bonds is 8. The highest BCUT2D eigenvalue weighted by molar-refractivity contribution is 8.03. The van der Waals surface area contributed by atoms with Crippen LogP contribution in [0.25, 0.3) is 0 Å². The van der Waals surface area contributed by atoms with Crippen LogP contribution in [-0.2, 0) is 16.0 Å². The Balaban J connectivity index is 1.46. The number of imide groups is 1. The van der Waals surface area contributed by atoms with E-state index in [-0.39, 0.29) is 18.4 Å². The molecule has 4 rings (SSSR count). The van der Waals surface area contributed by atoms with Crippen LogP contribution in [0.2, 0.25) is 0 Å². The van der Waals surface area contributed by atoms with Crippen molar-refractivity contribution in [3.63, 3.8) is 0 Å². The lowest BCUT2D eigenvalue weighted by Crippen LogP contribution is -2.62. The lowest BCUT2D eigenvalue weighted by molar-refractivity contribution is -0.126. The van der Waals surface area contributed by atoms with Gasteiger partial charge in [-0.1, -0.05) is 24.3 Å². The van der Waals surface area contributed by atoms with E-state index < -0.39 is 17.3 Å². The second kappa shape index (κ2) is 10.4. The summed E-state index contributed by atoms with van der Waals surface area (Å²) in [5, 5.41) is 2.48. The molecule has 0 spiro atoms. The molecule has 2 atom stereocenters. The van der Waals surface area contributed by atoms with Gasteiger partial charge in [0, 0.05) is 6.54 Å². The summed E-state index contributed by atoms with van der Waals surface area (Å²) in [4.78, 5) is 43.4. The number of ether oxygens (including phenoxy) is 2. The van der Waals surface area contributed by atoms with E-state index >= 15 is 0 Å². The van der Waals surface area contributed by atoms with E-state index in [1.54, 1.807) is 38.5 Å². The molecule has 2 aliphatic heterocycles. The molecule has 2 aromatic carbocycles. The summed E-state index contributed by atoms with van der Waals surface area (Å²) >= 11 is 1.47. The molecule has 0 saturated carbocycles. The van der Waals surface area contributed by atoms with Crippen molar-refractivity contribution in [2.45, 2.75) is 25.6 Å². The van der Waals surface area contributed by atoms with E-state index in [1.807, 2.05) is 38.1 Å². The van der Waals surface area contributed by atoms with Crippen LogP contribution in [-0.4, -0.2) is 55.4 Å². The van der Waals surface area contributed by atoms with E-state index in [1.165, 1.54) is 21.6 Å². The van der Waals surface area contributed by atoms with E-state index in [4.69, 9.17) is 9.47 Å². The van der Waals surface area contributed by atoms with Crippen LogP contribution in [0.5, 0.6) is 11.5 Å². The first kappa shape index (κ1) is 24.7. The second-order valence-electron chi connectivity index (χ2n) is 8.43. The van der Waals surface area contributed by atoms with Gasteiger partial charge in [-0.3, -0.25) is 9.59 Å². The number of amides is 4. The molecule has 2 aromatic rings. The Bertz CT molecular complexity index is 1170. The third kappa shape index (κ3) is 4.86. The molecule has 0 aliphatic carbocycles. The van der Waals surface area contributed by atoms with Crippen LogP contribution in [0.15, 0.2) is 59.0 Å². The molecular formula is C26H29N3O5S. The highest BCUT2D eigenvalue weighted by atomic mass is 32.2. The normalized spacial score (nSPS) is 19.7. The maximum atomic E-state index is 13.4. The van der Waals surface area contributed by atoms with Gasteiger partial charge in [-0.05, 0) is 60.6 Å². The molecule has 2 heterocycles. The minimum atomic E-state index is -0.479. The zero-order valence-electron chi connectivity index (χ0n) is 20.2. The monoisotopic (exact) mass is 495 g/mol. The van der Waals surface area contributed by atoms with Crippen LogP contribution in [0, 0.1) is 5.92 Å². The Labute approximate surface area is 209 Å². The smallest absolute Gasteiger partial charge is 0.332 e. The van der Waals surface area contributed by atoms with Crippen molar-refractivity contribution in [3.8, 4) is 11.5 Å². The summed E-state index contributed by atoms with van der Waals surface area (Å²) in [6, 6.07) is 14.0. The highest BCUT2D eigenvalue weighted by Crippen LogP contribution is 2.47. The fourth-order valence-corrected chi connectivity index (χ4v) is 5.79. The number of carbonyl (C=O) groups is 3. The lowest BCUT2D eigenvalue weighted by atomic mass is 9.95. The number of urea groups is 1. The number of fused-ring (bicyclic) bond motifs is 1. The molecule has 1 saturated heterocycles. The summed E-state index contributed by atoms with van der Waals surface area (Å²) < 4.78 is 10.6. The van der Waals surface area contributed by atoms with Crippen LogP contribution >= 0.6 is 11.8 Å². The summed E-state index contributed by atoms with van der Waals surface area (Å²) in [6.07, 6.45) is 0.593. The Morgan fingerprint density at radius 3 is 2.43 bits per heavy atom. The van der Waals surface area contributed by atoms with Crippen molar-refractivity contribution in [1.29, 1.82) is 0 Å².